The second kappa shape index (κ2) is 22.0. The molecule has 57 heavy (non-hydrogen) atoms. The summed E-state index contributed by atoms with van der Waals surface area (Å²) in [5.74, 6) is 2.01. The first-order chi connectivity index (χ1) is 27.5. The van der Waals surface area contributed by atoms with Crippen molar-refractivity contribution in [1.82, 2.24) is 15.1 Å². The van der Waals surface area contributed by atoms with Gasteiger partial charge >= 0.3 is 12.3 Å². The first-order valence-corrected chi connectivity index (χ1v) is 18.5. The van der Waals surface area contributed by atoms with Crippen LogP contribution in [0, 0.1) is 13.8 Å². The summed E-state index contributed by atoms with van der Waals surface area (Å²) < 4.78 is 11.8. The average molecular weight is 846 g/mol. The van der Waals surface area contributed by atoms with Crippen molar-refractivity contribution in [2.75, 3.05) is 0 Å². The van der Waals surface area contributed by atoms with Crippen LogP contribution < -0.4 is 4.74 Å². The molecule has 0 unspecified atom stereocenters. The largest absolute Gasteiger partial charge is 0.508 e. The molecule has 0 atom stereocenters. The standard InChI is InChI=1S/C27H21Cl3N2O2.C14H12ClNO.2CO2/c1-16-11-17(14-31-13-16)5-6-18-9-10-20(12-24(18)30)33-15-21-26(32-34-27(21)19-7-8-19)25-22(28)3-2-4-23(25)29;1-10-6-11(9-16-8-10)2-3-12-4-5-13(17)7-14(12)15;2*2-1-3/h2-6,9-14,19H,7-8,15H2,1H3;2-9,17H,1H3;;/b6-5+;3-2+;;. The van der Waals surface area contributed by atoms with E-state index < -0.39 is 0 Å². The van der Waals surface area contributed by atoms with E-state index in [9.17, 15) is 5.11 Å². The minimum absolute atomic E-state index is 0.171. The van der Waals surface area contributed by atoms with Gasteiger partial charge < -0.3 is 14.4 Å². The van der Waals surface area contributed by atoms with E-state index in [1.165, 1.54) is 6.07 Å². The van der Waals surface area contributed by atoms with E-state index in [1.807, 2.05) is 81.0 Å². The van der Waals surface area contributed by atoms with Crippen molar-refractivity contribution in [3.63, 3.8) is 0 Å². The maximum atomic E-state index is 9.24. The van der Waals surface area contributed by atoms with E-state index in [2.05, 4.69) is 21.2 Å². The van der Waals surface area contributed by atoms with E-state index in [-0.39, 0.29) is 24.7 Å². The second-order valence-electron chi connectivity index (χ2n) is 12.3. The summed E-state index contributed by atoms with van der Waals surface area (Å²) in [5, 5.41) is 15.7. The van der Waals surface area contributed by atoms with Crippen molar-refractivity contribution in [1.29, 1.82) is 0 Å². The Morgan fingerprint density at radius 2 is 1.25 bits per heavy atom. The number of hydrogen-bond donors (Lipinski definition) is 1. The van der Waals surface area contributed by atoms with Gasteiger partial charge in [-0.2, -0.15) is 19.2 Å². The zero-order valence-corrected chi connectivity index (χ0v) is 33.4. The molecule has 1 aliphatic carbocycles. The van der Waals surface area contributed by atoms with E-state index in [0.717, 1.165) is 57.5 Å². The third kappa shape index (κ3) is 13.4. The van der Waals surface area contributed by atoms with Crippen LogP contribution in [0.1, 0.15) is 63.5 Å². The molecule has 1 saturated carbocycles. The molecule has 0 aliphatic heterocycles. The van der Waals surface area contributed by atoms with Gasteiger partial charge in [0.15, 0.2) is 0 Å². The Bertz CT molecular complexity index is 2400. The van der Waals surface area contributed by atoms with Crippen LogP contribution in [-0.2, 0) is 25.8 Å². The molecule has 0 bridgehead atoms. The number of halogens is 4. The molecule has 3 heterocycles. The van der Waals surface area contributed by atoms with Crippen LogP contribution in [0.5, 0.6) is 11.5 Å². The van der Waals surface area contributed by atoms with Crippen LogP contribution in [0.25, 0.3) is 35.6 Å². The lowest BCUT2D eigenvalue weighted by molar-refractivity contribution is -0.193. The van der Waals surface area contributed by atoms with Crippen LogP contribution in [0.2, 0.25) is 20.1 Å². The smallest absolute Gasteiger partial charge is 0.373 e. The number of phenolic OH excluding ortho intramolecular Hbond substituents is 1. The zero-order valence-electron chi connectivity index (χ0n) is 30.4. The highest BCUT2D eigenvalue weighted by atomic mass is 35.5. The number of aromatic hydroxyl groups is 1. The van der Waals surface area contributed by atoms with Crippen LogP contribution in [-0.4, -0.2) is 32.5 Å². The van der Waals surface area contributed by atoms with E-state index in [1.54, 1.807) is 36.5 Å². The molecule has 3 aromatic carbocycles. The van der Waals surface area contributed by atoms with Gasteiger partial charge in [-0.05, 0) is 121 Å². The van der Waals surface area contributed by atoms with Crippen molar-refractivity contribution < 1.29 is 33.5 Å². The fourth-order valence-electron chi connectivity index (χ4n) is 5.30. The number of ether oxygens (including phenoxy) is 1. The molecule has 14 heteroatoms. The SMILES string of the molecule is Cc1cncc(/C=C/c2ccc(O)cc2Cl)c1.Cc1cncc(/C=C/c2ccc(OCc3c(-c4c(Cl)cccc4Cl)noc3C3CC3)cc2Cl)c1.O=C=O.O=C=O. The predicted molar refractivity (Wildman–Crippen MR) is 219 cm³/mol. The van der Waals surface area contributed by atoms with E-state index in [4.69, 9.17) is 74.8 Å². The number of benzene rings is 3. The molecule has 0 spiro atoms. The maximum Gasteiger partial charge on any atom is 0.373 e. The topological polar surface area (TPSA) is 150 Å². The number of aromatic nitrogens is 3. The summed E-state index contributed by atoms with van der Waals surface area (Å²) in [6.07, 6.45) is 17.7. The van der Waals surface area contributed by atoms with Gasteiger partial charge in [-0.1, -0.05) is 81.9 Å². The maximum absolute atomic E-state index is 9.24. The summed E-state index contributed by atoms with van der Waals surface area (Å²) in [6.45, 7) is 4.28. The summed E-state index contributed by atoms with van der Waals surface area (Å²) in [7, 11) is 0. The van der Waals surface area contributed by atoms with Crippen molar-refractivity contribution in [3.8, 4) is 22.8 Å². The number of nitrogens with zero attached hydrogens (tertiary/aromatic N) is 3. The zero-order chi connectivity index (χ0) is 41.3. The number of pyridine rings is 2. The summed E-state index contributed by atoms with van der Waals surface area (Å²) in [6, 6.07) is 20.0. The molecular formula is C43H33Cl4N3O7. The third-order valence-corrected chi connectivity index (χ3v) is 9.29. The normalized spacial score (nSPS) is 11.6. The van der Waals surface area contributed by atoms with Crippen LogP contribution in [0.4, 0.5) is 0 Å². The second-order valence-corrected chi connectivity index (χ2v) is 14.0. The van der Waals surface area contributed by atoms with Crippen LogP contribution >= 0.6 is 46.4 Å². The highest BCUT2D eigenvalue weighted by Gasteiger charge is 2.33. The lowest BCUT2D eigenvalue weighted by atomic mass is 10.0. The first kappa shape index (κ1) is 43.9. The Morgan fingerprint density at radius 3 is 1.74 bits per heavy atom. The Hall–Kier alpha value is -5.83. The molecular weight excluding hydrogens is 812 g/mol. The van der Waals surface area contributed by atoms with Gasteiger partial charge in [-0.3, -0.25) is 9.97 Å². The van der Waals surface area contributed by atoms with Crippen molar-refractivity contribution in [3.05, 3.63) is 156 Å². The van der Waals surface area contributed by atoms with Gasteiger partial charge in [0, 0.05) is 36.3 Å². The number of hydrogen-bond acceptors (Lipinski definition) is 10. The Labute approximate surface area is 348 Å². The van der Waals surface area contributed by atoms with Crippen molar-refractivity contribution in [2.24, 2.45) is 0 Å². The molecule has 3 aromatic heterocycles. The predicted octanol–water partition coefficient (Wildman–Crippen LogP) is 11.4. The van der Waals surface area contributed by atoms with Gasteiger partial charge in [-0.15, -0.1) is 0 Å². The number of carbonyl (C=O) groups excluding carboxylic acids is 4. The monoisotopic (exact) mass is 843 g/mol. The molecule has 10 nitrogen and oxygen atoms in total. The number of aryl methyl sites for hydroxylation is 2. The average Bonchev–Trinajstić information content (AvgIpc) is 3.94. The summed E-state index contributed by atoms with van der Waals surface area (Å²) in [5.41, 5.74) is 8.16. The lowest BCUT2D eigenvalue weighted by Gasteiger charge is -2.10. The fraction of sp³-hybridized carbons (Fsp3) is 0.140. The highest BCUT2D eigenvalue weighted by molar-refractivity contribution is 6.39. The van der Waals surface area contributed by atoms with Gasteiger partial charge in [0.1, 0.15) is 29.6 Å². The minimum Gasteiger partial charge on any atom is -0.508 e. The van der Waals surface area contributed by atoms with Crippen LogP contribution in [0.3, 0.4) is 0 Å². The molecule has 290 valence electrons. The molecule has 7 rings (SSSR count). The third-order valence-electron chi connectivity index (χ3n) is 8.01. The Balaban J connectivity index is 0.000000261. The van der Waals surface area contributed by atoms with Crippen LogP contribution in [0.15, 0.2) is 96.0 Å². The molecule has 6 aromatic rings. The number of phenols is 1. The molecule has 1 aliphatic rings. The first-order valence-electron chi connectivity index (χ1n) is 17.0. The van der Waals surface area contributed by atoms with E-state index in [0.29, 0.717) is 43.0 Å². The van der Waals surface area contributed by atoms with Gasteiger partial charge in [0.05, 0.1) is 25.7 Å². The Kier molecular flexibility index (Phi) is 17.0. The fourth-order valence-corrected chi connectivity index (χ4v) is 6.35. The molecule has 0 radical (unpaired) electrons. The summed E-state index contributed by atoms with van der Waals surface area (Å²) >= 11 is 25.4. The Morgan fingerprint density at radius 1 is 0.719 bits per heavy atom. The number of rotatable bonds is 9. The quantitative estimate of drug-likeness (QED) is 0.149. The lowest BCUT2D eigenvalue weighted by Crippen LogP contribution is -2.00. The van der Waals surface area contributed by atoms with E-state index >= 15 is 0 Å². The van der Waals surface area contributed by atoms with Gasteiger partial charge in [-0.25, -0.2) is 0 Å². The van der Waals surface area contributed by atoms with Crippen molar-refractivity contribution in [2.45, 2.75) is 39.2 Å². The van der Waals surface area contributed by atoms with Crippen molar-refractivity contribution >= 4 is 83.0 Å². The highest BCUT2D eigenvalue weighted by Crippen LogP contribution is 2.46. The molecule has 0 saturated heterocycles. The molecule has 1 fully saturated rings. The van der Waals surface area contributed by atoms with Gasteiger partial charge in [0.2, 0.25) is 0 Å². The van der Waals surface area contributed by atoms with Gasteiger partial charge in [0.25, 0.3) is 0 Å². The summed E-state index contributed by atoms with van der Waals surface area (Å²) in [4.78, 5) is 40.8. The molecule has 1 N–H and O–H groups in total. The molecule has 0 amide bonds. The minimum atomic E-state index is 0.171.